The second-order valence-corrected chi connectivity index (χ2v) is 55.4. The molecule has 0 aromatic rings. The first kappa shape index (κ1) is 151. The molecular weight excluding hydrogens is 1590 g/mol. The Morgan fingerprint density at radius 1 is 0.333 bits per heavy atom. The van der Waals surface area contributed by atoms with Crippen LogP contribution in [0.25, 0.3) is 0 Å². The molecule has 0 spiro atoms. The van der Waals surface area contributed by atoms with Gasteiger partial charge in [-0.2, -0.15) is 0 Å². The molecular formula is C117H260N4O8. The highest BCUT2D eigenvalue weighted by Gasteiger charge is 2.35. The molecule has 129 heavy (non-hydrogen) atoms. The summed E-state index contributed by atoms with van der Waals surface area (Å²) in [5.41, 5.74) is 5.81. The fraction of sp³-hybridized carbons (Fsp3) is 1.00. The van der Waals surface area contributed by atoms with E-state index in [0.717, 1.165) is 83.1 Å². The molecule has 12 nitrogen and oxygen atoms in total. The highest BCUT2D eigenvalue weighted by atomic mass is 16.5. The van der Waals surface area contributed by atoms with Crippen LogP contribution in [-0.4, -0.2) is 196 Å². The molecule has 1 aliphatic carbocycles. The first-order chi connectivity index (χ1) is 57.9. The van der Waals surface area contributed by atoms with Crippen LogP contribution < -0.4 is 0 Å². The van der Waals surface area contributed by atoms with Crippen molar-refractivity contribution in [2.45, 2.75) is 519 Å². The van der Waals surface area contributed by atoms with E-state index in [1.807, 2.05) is 20.8 Å². The summed E-state index contributed by atoms with van der Waals surface area (Å²) in [6.45, 7) is 127. The zero-order valence-corrected chi connectivity index (χ0v) is 100. The van der Waals surface area contributed by atoms with Crippen LogP contribution in [0.15, 0.2) is 0 Å². The molecule has 3 aliphatic rings. The quantitative estimate of drug-likeness (QED) is 0.0380. The van der Waals surface area contributed by atoms with Gasteiger partial charge in [-0.3, -0.25) is 0 Å². The molecule has 796 valence electrons. The van der Waals surface area contributed by atoms with Gasteiger partial charge in [-0.1, -0.05) is 398 Å². The summed E-state index contributed by atoms with van der Waals surface area (Å²) < 4.78 is 10.3. The van der Waals surface area contributed by atoms with Crippen LogP contribution in [-0.2, 0) is 9.47 Å². The molecule has 0 aromatic heterocycles. The van der Waals surface area contributed by atoms with E-state index < -0.39 is 6.10 Å². The average molecular weight is 1850 g/mol. The minimum Gasteiger partial charge on any atom is -0.396 e. The first-order valence-corrected chi connectivity index (χ1v) is 53.4. The Morgan fingerprint density at radius 2 is 0.674 bits per heavy atom. The van der Waals surface area contributed by atoms with Gasteiger partial charge in [0.05, 0.1) is 12.7 Å². The van der Waals surface area contributed by atoms with Crippen molar-refractivity contribution in [3.8, 4) is 0 Å². The number of likely N-dealkylation sites (tertiary alicyclic amines) is 2. The van der Waals surface area contributed by atoms with E-state index in [0.29, 0.717) is 110 Å². The number of hydrogen-bond donors (Lipinski definition) is 6. The molecule has 5 unspecified atom stereocenters. The van der Waals surface area contributed by atoms with Crippen LogP contribution in [0.4, 0.5) is 0 Å². The predicted octanol–water partition coefficient (Wildman–Crippen LogP) is 33.0. The van der Waals surface area contributed by atoms with Gasteiger partial charge >= 0.3 is 0 Å². The first-order valence-electron chi connectivity index (χ1n) is 53.4. The van der Waals surface area contributed by atoms with Gasteiger partial charge in [0.15, 0.2) is 0 Å². The third-order valence-electron chi connectivity index (χ3n) is 23.6. The number of aliphatic hydroxyl groups is 6. The number of unbranched alkanes of at least 4 members (excludes halogenated alkanes) is 1. The second kappa shape index (κ2) is 81.2. The lowest BCUT2D eigenvalue weighted by Gasteiger charge is -2.29. The lowest BCUT2D eigenvalue weighted by atomic mass is 9.76. The average Bonchev–Trinajstić information content (AvgIpc) is 1.70. The molecule has 2 saturated heterocycles. The second-order valence-electron chi connectivity index (χ2n) is 55.4. The number of piperidine rings is 1. The van der Waals surface area contributed by atoms with E-state index in [9.17, 15) is 0 Å². The van der Waals surface area contributed by atoms with Gasteiger partial charge in [-0.05, 0) is 301 Å². The van der Waals surface area contributed by atoms with E-state index in [2.05, 4.69) is 366 Å². The normalized spacial score (nSPS) is 15.6. The summed E-state index contributed by atoms with van der Waals surface area (Å²) in [7, 11) is 8.15. The summed E-state index contributed by atoms with van der Waals surface area (Å²) >= 11 is 0. The summed E-state index contributed by atoms with van der Waals surface area (Å²) in [5, 5.41) is 52.3. The van der Waals surface area contributed by atoms with E-state index in [1.54, 1.807) is 7.11 Å². The third-order valence-corrected chi connectivity index (χ3v) is 23.6. The van der Waals surface area contributed by atoms with E-state index in [1.165, 1.54) is 168 Å². The summed E-state index contributed by atoms with van der Waals surface area (Å²) in [5.74, 6) is 3.58. The predicted molar refractivity (Wildman–Crippen MR) is 588 cm³/mol. The van der Waals surface area contributed by atoms with E-state index >= 15 is 0 Å². The standard InChI is InChI=1S/C11H23N.C10H21N.C10H22O.C9H21N.C9H20O.C9H18.C8H19N.2C8H18O.C8H18.C7H16O2.C7H16O.C7H16.C6H14O/c1-11(2,3)7-10-12-8-5-4-6-9-12;1-10(2,3)6-9-11-7-4-5-8-11;1-5-6-9(7-8-11)10(2,3)4;1-6-10(5)8-7-9(2,3)4;1-5-7-10-8-6-9(2,3)4;1-7(8-5-6-8)9(2,3)4;1-8(2,3)6-7-9(4)5;2*1-5-7(6-9)8(2,3)4;1-5-6-7-8(2,3)4;1-7(2,3)4-6(9)5-8;1-7(2,3)5-6-8-4;1-5-6-7(2,3)4;1-6(2,3)4-5-7/h4-10H2,1-3H3;4-9H2,1-3H3;9,11H,5-8H2,1-4H3;6-8H2,1-5H3;5-8H2,1-4H3;7-8H,5-6H2,1-4H3;6-7H2,1-5H3;2*7,9H,5-6H2,1-4H3;5-7H2,1-4H3;6,8-9H,4-5H2,1-3H3;5-6H2,1-4H3;5-6H2,1-4H3;7H,4-5H2,1-3H3. The van der Waals surface area contributed by atoms with Crippen LogP contribution in [0, 0.1) is 105 Å². The summed E-state index contributed by atoms with van der Waals surface area (Å²) in [4.78, 5) is 9.79. The molecule has 3 fully saturated rings. The minimum absolute atomic E-state index is 0.113. The lowest BCUT2D eigenvalue weighted by Crippen LogP contribution is -2.32. The Hall–Kier alpha value is -0.480. The lowest BCUT2D eigenvalue weighted by molar-refractivity contribution is 0.0612. The van der Waals surface area contributed by atoms with Crippen molar-refractivity contribution in [1.82, 2.24) is 19.6 Å². The Labute approximate surface area is 819 Å². The fourth-order valence-electron chi connectivity index (χ4n) is 12.9. The van der Waals surface area contributed by atoms with E-state index in [-0.39, 0.29) is 22.9 Å². The molecule has 12 heteroatoms. The number of aliphatic hydroxyl groups excluding tert-OH is 6. The van der Waals surface area contributed by atoms with Crippen molar-refractivity contribution >= 4 is 0 Å². The molecule has 0 amide bonds. The summed E-state index contributed by atoms with van der Waals surface area (Å²) in [6.07, 6.45) is 32.1. The Balaban J connectivity index is -0.000000129. The van der Waals surface area contributed by atoms with Crippen molar-refractivity contribution in [1.29, 1.82) is 0 Å². The fourth-order valence-corrected chi connectivity index (χ4v) is 12.9. The zero-order valence-electron chi connectivity index (χ0n) is 100. The number of nitrogens with zero attached hydrogens (tertiary/aromatic N) is 4. The maximum absolute atomic E-state index is 8.94. The van der Waals surface area contributed by atoms with Crippen LogP contribution >= 0.6 is 0 Å². The largest absolute Gasteiger partial charge is 0.396 e. The van der Waals surface area contributed by atoms with Crippen molar-refractivity contribution < 1.29 is 40.1 Å². The molecule has 6 N–H and O–H groups in total. The van der Waals surface area contributed by atoms with Gasteiger partial charge in [-0.15, -0.1) is 0 Å². The SMILES string of the molecule is CC(C)(C)CC(O)CO.CC(C)(C)CCN1CCCC1.CC(C)(C)CCN1CCCCC1.CC(C)(C)CCO.CC(C1CC1)C(C)(C)C.CCC(CO)C(C)(C)C.CCC(CO)C(C)(C)C.CCCC(C)(C)C.CCCC(CCO)C(C)(C)C.CCCCC(C)(C)C.CCCOCCC(C)(C)C.CCN(C)CCC(C)(C)C.CN(C)CCC(C)(C)C.COCCC(C)(C)C. The maximum atomic E-state index is 8.94. The molecule has 5 atom stereocenters. The Kier molecular flexibility index (Phi) is 95.3. The molecule has 2 heterocycles. The molecule has 3 rings (SSSR count). The van der Waals surface area contributed by atoms with Crippen LogP contribution in [0.3, 0.4) is 0 Å². The highest BCUT2D eigenvalue weighted by Crippen LogP contribution is 2.45. The Bertz CT molecular complexity index is 2160. The molecule has 0 bridgehead atoms. The van der Waals surface area contributed by atoms with Gasteiger partial charge in [0, 0.05) is 53.4 Å². The van der Waals surface area contributed by atoms with Crippen LogP contribution in [0.1, 0.15) is 513 Å². The van der Waals surface area contributed by atoms with Crippen molar-refractivity contribution in [2.75, 3.05) is 140 Å². The molecule has 0 aromatic carbocycles. The Morgan fingerprint density at radius 3 is 0.845 bits per heavy atom. The van der Waals surface area contributed by atoms with Crippen molar-refractivity contribution in [3.05, 3.63) is 0 Å². The third kappa shape index (κ3) is 145. The maximum Gasteiger partial charge on any atom is 0.0775 e. The van der Waals surface area contributed by atoms with Crippen LogP contribution in [0.2, 0.25) is 0 Å². The highest BCUT2D eigenvalue weighted by molar-refractivity contribution is 4.85. The smallest absolute Gasteiger partial charge is 0.0775 e. The topological polar surface area (TPSA) is 153 Å². The number of rotatable bonds is 30. The minimum atomic E-state index is -0.551. The van der Waals surface area contributed by atoms with Gasteiger partial charge in [0.2, 0.25) is 0 Å². The van der Waals surface area contributed by atoms with Gasteiger partial charge in [0.1, 0.15) is 0 Å². The number of hydrogen-bond acceptors (Lipinski definition) is 12. The van der Waals surface area contributed by atoms with Crippen molar-refractivity contribution in [2.24, 2.45) is 105 Å². The molecule has 0 radical (unpaired) electrons. The molecule has 1 saturated carbocycles. The number of methoxy groups -OCH3 is 1. The monoisotopic (exact) mass is 1850 g/mol. The van der Waals surface area contributed by atoms with Crippen LogP contribution in [0.5, 0.6) is 0 Å². The van der Waals surface area contributed by atoms with Crippen molar-refractivity contribution in [3.63, 3.8) is 0 Å². The summed E-state index contributed by atoms with van der Waals surface area (Å²) in [6, 6.07) is 0. The zero-order chi connectivity index (χ0) is 105. The van der Waals surface area contributed by atoms with Gasteiger partial charge in [-0.25, -0.2) is 0 Å². The number of ether oxygens (including phenoxy) is 2. The van der Waals surface area contributed by atoms with Gasteiger partial charge < -0.3 is 59.7 Å². The molecule has 2 aliphatic heterocycles. The van der Waals surface area contributed by atoms with Gasteiger partial charge in [0.25, 0.3) is 0 Å². The van der Waals surface area contributed by atoms with E-state index in [4.69, 9.17) is 40.1 Å².